The number of ether oxygens (including phenoxy) is 2. The summed E-state index contributed by atoms with van der Waals surface area (Å²) in [6.07, 6.45) is 1.62. The summed E-state index contributed by atoms with van der Waals surface area (Å²) in [5.41, 5.74) is 0.361. The third kappa shape index (κ3) is 2.95. The molecule has 1 aromatic heterocycles. The molecule has 0 unspecified atom stereocenters. The van der Waals surface area contributed by atoms with Crippen LogP contribution in [-0.2, 0) is 11.3 Å². The van der Waals surface area contributed by atoms with E-state index in [2.05, 4.69) is 21.0 Å². The number of carbonyl (C=O) groups excluding carboxylic acids is 1. The van der Waals surface area contributed by atoms with Gasteiger partial charge in [-0.3, -0.25) is 4.68 Å². The van der Waals surface area contributed by atoms with E-state index in [1.807, 2.05) is 0 Å². The molecule has 0 aliphatic rings. The summed E-state index contributed by atoms with van der Waals surface area (Å²) >= 11 is 3.29. The van der Waals surface area contributed by atoms with Crippen LogP contribution < -0.4 is 4.74 Å². The second-order valence-corrected chi connectivity index (χ2v) is 3.52. The zero-order valence-corrected chi connectivity index (χ0v) is 10.3. The van der Waals surface area contributed by atoms with Crippen molar-refractivity contribution >= 4 is 21.9 Å². The van der Waals surface area contributed by atoms with Crippen LogP contribution in [0.5, 0.6) is 5.88 Å². The SMILES string of the molecule is CCOC(=O)c1cn(CCBr)nc1OC. The summed E-state index contributed by atoms with van der Waals surface area (Å²) in [6.45, 7) is 2.77. The highest BCUT2D eigenvalue weighted by Crippen LogP contribution is 2.16. The summed E-state index contributed by atoms with van der Waals surface area (Å²) in [4.78, 5) is 11.5. The van der Waals surface area contributed by atoms with Gasteiger partial charge in [0, 0.05) is 11.5 Å². The Bertz CT molecular complexity index is 338. The Morgan fingerprint density at radius 2 is 2.40 bits per heavy atom. The monoisotopic (exact) mass is 276 g/mol. The van der Waals surface area contributed by atoms with E-state index < -0.39 is 5.97 Å². The van der Waals surface area contributed by atoms with Crippen LogP contribution in [0.4, 0.5) is 0 Å². The van der Waals surface area contributed by atoms with E-state index in [9.17, 15) is 4.79 Å². The second-order valence-electron chi connectivity index (χ2n) is 2.72. The lowest BCUT2D eigenvalue weighted by Crippen LogP contribution is -2.05. The molecular weight excluding hydrogens is 264 g/mol. The molecule has 1 rings (SSSR count). The third-order valence-electron chi connectivity index (χ3n) is 1.73. The van der Waals surface area contributed by atoms with Crippen LogP contribution in [0.1, 0.15) is 17.3 Å². The van der Waals surface area contributed by atoms with Gasteiger partial charge in [-0.15, -0.1) is 5.10 Å². The molecule has 0 aliphatic heterocycles. The fourth-order valence-corrected chi connectivity index (χ4v) is 1.47. The highest BCUT2D eigenvalue weighted by atomic mass is 79.9. The molecule has 1 heterocycles. The van der Waals surface area contributed by atoms with Gasteiger partial charge in [-0.05, 0) is 6.92 Å². The summed E-state index contributed by atoms with van der Waals surface area (Å²) < 4.78 is 11.5. The molecule has 1 aromatic rings. The van der Waals surface area contributed by atoms with Gasteiger partial charge in [0.15, 0.2) is 0 Å². The number of aryl methyl sites for hydroxylation is 1. The first-order valence-corrected chi connectivity index (χ1v) is 5.69. The van der Waals surface area contributed by atoms with Crippen LogP contribution in [0.3, 0.4) is 0 Å². The minimum Gasteiger partial charge on any atom is -0.479 e. The Labute approximate surface area is 96.5 Å². The lowest BCUT2D eigenvalue weighted by Gasteiger charge is -1.99. The quantitative estimate of drug-likeness (QED) is 0.604. The summed E-state index contributed by atoms with van der Waals surface area (Å²) in [5.74, 6) is -0.107. The molecule has 0 aromatic carbocycles. The average molecular weight is 277 g/mol. The average Bonchev–Trinajstić information content (AvgIpc) is 2.62. The van der Waals surface area contributed by atoms with E-state index >= 15 is 0 Å². The van der Waals surface area contributed by atoms with E-state index in [4.69, 9.17) is 9.47 Å². The number of hydrogen-bond acceptors (Lipinski definition) is 4. The maximum Gasteiger partial charge on any atom is 0.345 e. The van der Waals surface area contributed by atoms with Crippen molar-refractivity contribution in [3.8, 4) is 5.88 Å². The zero-order valence-electron chi connectivity index (χ0n) is 8.70. The van der Waals surface area contributed by atoms with Crippen molar-refractivity contribution in [2.24, 2.45) is 0 Å². The fourth-order valence-electron chi connectivity index (χ4n) is 1.10. The van der Waals surface area contributed by atoms with Crippen molar-refractivity contribution in [1.29, 1.82) is 0 Å². The van der Waals surface area contributed by atoms with Crippen LogP contribution in [0.2, 0.25) is 0 Å². The van der Waals surface area contributed by atoms with E-state index in [-0.39, 0.29) is 0 Å². The summed E-state index contributed by atoms with van der Waals surface area (Å²) in [5, 5.41) is 4.85. The lowest BCUT2D eigenvalue weighted by molar-refractivity contribution is 0.0522. The second kappa shape index (κ2) is 5.75. The van der Waals surface area contributed by atoms with Crippen molar-refractivity contribution in [2.75, 3.05) is 19.0 Å². The molecule has 0 saturated carbocycles. The first-order chi connectivity index (χ1) is 7.22. The highest BCUT2D eigenvalue weighted by molar-refractivity contribution is 9.09. The molecule has 0 fully saturated rings. The van der Waals surface area contributed by atoms with Gasteiger partial charge in [-0.25, -0.2) is 4.79 Å². The van der Waals surface area contributed by atoms with Crippen molar-refractivity contribution in [1.82, 2.24) is 9.78 Å². The normalized spacial score (nSPS) is 10.1. The predicted molar refractivity (Wildman–Crippen MR) is 58.5 cm³/mol. The van der Waals surface area contributed by atoms with E-state index in [0.29, 0.717) is 24.6 Å². The Morgan fingerprint density at radius 1 is 1.67 bits per heavy atom. The van der Waals surface area contributed by atoms with Gasteiger partial charge in [0.05, 0.1) is 20.3 Å². The molecule has 0 spiro atoms. The molecule has 15 heavy (non-hydrogen) atoms. The summed E-state index contributed by atoms with van der Waals surface area (Å²) in [6, 6.07) is 0. The maximum atomic E-state index is 11.5. The molecule has 0 amide bonds. The molecule has 0 atom stereocenters. The number of methoxy groups -OCH3 is 1. The largest absolute Gasteiger partial charge is 0.479 e. The first-order valence-electron chi connectivity index (χ1n) is 4.57. The highest BCUT2D eigenvalue weighted by Gasteiger charge is 2.17. The summed E-state index contributed by atoms with van der Waals surface area (Å²) in [7, 11) is 1.48. The van der Waals surface area contributed by atoms with Gasteiger partial charge in [-0.2, -0.15) is 0 Å². The number of alkyl halides is 1. The maximum absolute atomic E-state index is 11.5. The number of aromatic nitrogens is 2. The third-order valence-corrected chi connectivity index (χ3v) is 2.08. The van der Waals surface area contributed by atoms with Crippen LogP contribution in [0.25, 0.3) is 0 Å². The van der Waals surface area contributed by atoms with Gasteiger partial charge < -0.3 is 9.47 Å². The van der Waals surface area contributed by atoms with Crippen LogP contribution in [-0.4, -0.2) is 34.8 Å². The topological polar surface area (TPSA) is 53.4 Å². The van der Waals surface area contributed by atoms with Gasteiger partial charge in [0.1, 0.15) is 5.56 Å². The van der Waals surface area contributed by atoms with E-state index in [1.54, 1.807) is 17.8 Å². The van der Waals surface area contributed by atoms with Crippen molar-refractivity contribution in [3.63, 3.8) is 0 Å². The Kier molecular flexibility index (Phi) is 4.61. The van der Waals surface area contributed by atoms with Gasteiger partial charge in [0.25, 0.3) is 0 Å². The molecule has 0 bridgehead atoms. The Balaban J connectivity index is 2.89. The molecule has 5 nitrogen and oxygen atoms in total. The molecule has 84 valence electrons. The van der Waals surface area contributed by atoms with Crippen molar-refractivity contribution in [3.05, 3.63) is 11.8 Å². The standard InChI is InChI=1S/C9H13BrN2O3/c1-3-15-9(13)7-6-12(5-4-10)11-8(7)14-2/h6H,3-5H2,1-2H3. The van der Waals surface area contributed by atoms with Gasteiger partial charge >= 0.3 is 5.97 Å². The van der Waals surface area contributed by atoms with Gasteiger partial charge in [-0.1, -0.05) is 15.9 Å². The molecule has 6 heteroatoms. The van der Waals surface area contributed by atoms with E-state index in [1.165, 1.54) is 7.11 Å². The Morgan fingerprint density at radius 3 is 2.93 bits per heavy atom. The van der Waals surface area contributed by atoms with E-state index in [0.717, 1.165) is 5.33 Å². The predicted octanol–water partition coefficient (Wildman–Crippen LogP) is 1.46. The van der Waals surface area contributed by atoms with Crippen molar-refractivity contribution in [2.45, 2.75) is 13.5 Å². The fraction of sp³-hybridized carbons (Fsp3) is 0.556. The van der Waals surface area contributed by atoms with Crippen LogP contribution in [0, 0.1) is 0 Å². The lowest BCUT2D eigenvalue weighted by atomic mass is 10.3. The van der Waals surface area contributed by atoms with Crippen molar-refractivity contribution < 1.29 is 14.3 Å². The molecular formula is C9H13BrN2O3. The number of hydrogen-bond donors (Lipinski definition) is 0. The molecule has 0 aliphatic carbocycles. The van der Waals surface area contributed by atoms with Gasteiger partial charge in [0.2, 0.25) is 5.88 Å². The number of rotatable bonds is 5. The first kappa shape index (κ1) is 12.0. The van der Waals surface area contributed by atoms with Crippen LogP contribution >= 0.6 is 15.9 Å². The minimum absolute atomic E-state index is 0.300. The van der Waals surface area contributed by atoms with Crippen LogP contribution in [0.15, 0.2) is 6.20 Å². The number of carbonyl (C=O) groups is 1. The molecule has 0 saturated heterocycles. The number of halogens is 1. The number of esters is 1. The molecule has 0 radical (unpaired) electrons. The Hall–Kier alpha value is -1.04. The molecule has 0 N–H and O–H groups in total. The number of nitrogens with zero attached hydrogens (tertiary/aromatic N) is 2. The smallest absolute Gasteiger partial charge is 0.345 e. The zero-order chi connectivity index (χ0) is 11.3. The minimum atomic E-state index is -0.407.